The topological polar surface area (TPSA) is 45.9 Å². The molecule has 2 rings (SSSR count). The summed E-state index contributed by atoms with van der Waals surface area (Å²) in [6.45, 7) is 3.38. The molecule has 0 saturated carbocycles. The number of benzene rings is 1. The summed E-state index contributed by atoms with van der Waals surface area (Å²) in [6.07, 6.45) is 0. The highest BCUT2D eigenvalue weighted by atomic mass is 19.2. The van der Waals surface area contributed by atoms with E-state index in [1.165, 1.54) is 18.2 Å². The van der Waals surface area contributed by atoms with Crippen LogP contribution >= 0.6 is 0 Å². The van der Waals surface area contributed by atoms with Gasteiger partial charge < -0.3 is 4.74 Å². The van der Waals surface area contributed by atoms with E-state index in [9.17, 15) is 8.78 Å². The fourth-order valence-electron chi connectivity index (χ4n) is 1.69. The second-order valence-corrected chi connectivity index (χ2v) is 3.99. The summed E-state index contributed by atoms with van der Waals surface area (Å²) in [5.41, 5.74) is 1.31. The van der Waals surface area contributed by atoms with E-state index in [0.29, 0.717) is 11.4 Å². The van der Waals surface area contributed by atoms with Gasteiger partial charge in [-0.2, -0.15) is 9.65 Å². The molecule has 5 heteroatoms. The molecule has 0 unspecified atom stereocenters. The highest BCUT2D eigenvalue weighted by Gasteiger charge is 2.14. The summed E-state index contributed by atoms with van der Waals surface area (Å²) in [5.74, 6) is -2.18. The van der Waals surface area contributed by atoms with E-state index in [4.69, 9.17) is 10.00 Å². The minimum Gasteiger partial charge on any atom is -0.453 e. The molecule has 96 valence electrons. The van der Waals surface area contributed by atoms with Crippen LogP contribution in [0.3, 0.4) is 0 Å². The van der Waals surface area contributed by atoms with Crippen LogP contribution in [0.15, 0.2) is 24.3 Å². The van der Waals surface area contributed by atoms with E-state index in [0.717, 1.165) is 6.07 Å². The monoisotopic (exact) mass is 260 g/mol. The average molecular weight is 260 g/mol. The van der Waals surface area contributed by atoms with Crippen LogP contribution in [0, 0.1) is 36.8 Å². The van der Waals surface area contributed by atoms with Crippen molar-refractivity contribution in [1.82, 2.24) is 4.98 Å². The molecule has 0 N–H and O–H groups in total. The van der Waals surface area contributed by atoms with Crippen molar-refractivity contribution in [3.8, 4) is 17.6 Å². The van der Waals surface area contributed by atoms with Crippen molar-refractivity contribution >= 4 is 0 Å². The fraction of sp³-hybridized carbons (Fsp3) is 0.143. The molecule has 0 amide bonds. The van der Waals surface area contributed by atoms with Crippen LogP contribution in [-0.4, -0.2) is 4.98 Å². The van der Waals surface area contributed by atoms with Crippen LogP contribution < -0.4 is 4.74 Å². The summed E-state index contributed by atoms with van der Waals surface area (Å²) < 4.78 is 31.9. The molecule has 0 bridgehead atoms. The second-order valence-electron chi connectivity index (χ2n) is 3.99. The molecular weight excluding hydrogens is 250 g/mol. The van der Waals surface area contributed by atoms with Gasteiger partial charge in [0.2, 0.25) is 5.82 Å². The molecule has 0 spiro atoms. The molecule has 0 radical (unpaired) electrons. The molecule has 0 fully saturated rings. The number of halogens is 2. The standard InChI is InChI=1S/C14H10F2N2O/c1-8-6-13(10(7-17)9(2)18-8)19-12-5-3-4-11(15)14(12)16/h3-6H,1-2H3. The quantitative estimate of drug-likeness (QED) is 0.828. The van der Waals surface area contributed by atoms with E-state index in [1.807, 2.05) is 6.07 Å². The first-order chi connectivity index (χ1) is 9.02. The molecule has 1 aromatic carbocycles. The number of nitriles is 1. The van der Waals surface area contributed by atoms with Gasteiger partial charge in [-0.25, -0.2) is 4.39 Å². The Morgan fingerprint density at radius 1 is 1.21 bits per heavy atom. The predicted octanol–water partition coefficient (Wildman–Crippen LogP) is 3.64. The van der Waals surface area contributed by atoms with Gasteiger partial charge in [0.15, 0.2) is 11.6 Å². The van der Waals surface area contributed by atoms with Crippen LogP contribution in [0.2, 0.25) is 0 Å². The van der Waals surface area contributed by atoms with Gasteiger partial charge in [-0.1, -0.05) is 6.07 Å². The Morgan fingerprint density at radius 3 is 2.63 bits per heavy atom. The van der Waals surface area contributed by atoms with Crippen molar-refractivity contribution < 1.29 is 13.5 Å². The number of hydrogen-bond donors (Lipinski definition) is 0. The lowest BCUT2D eigenvalue weighted by atomic mass is 10.2. The largest absolute Gasteiger partial charge is 0.453 e. The third-order valence-electron chi connectivity index (χ3n) is 2.54. The smallest absolute Gasteiger partial charge is 0.201 e. The lowest BCUT2D eigenvalue weighted by Crippen LogP contribution is -1.98. The highest BCUT2D eigenvalue weighted by Crippen LogP contribution is 2.29. The van der Waals surface area contributed by atoms with Gasteiger partial charge in [-0.05, 0) is 26.0 Å². The Hall–Kier alpha value is -2.48. The van der Waals surface area contributed by atoms with Gasteiger partial charge in [0.25, 0.3) is 0 Å². The summed E-state index contributed by atoms with van der Waals surface area (Å²) in [5, 5.41) is 9.05. The third kappa shape index (κ3) is 2.52. The molecule has 2 aromatic rings. The minimum atomic E-state index is -1.08. The Balaban J connectivity index is 2.50. The lowest BCUT2D eigenvalue weighted by molar-refractivity contribution is 0.414. The van der Waals surface area contributed by atoms with Crippen molar-refractivity contribution in [2.75, 3.05) is 0 Å². The zero-order chi connectivity index (χ0) is 14.0. The van der Waals surface area contributed by atoms with Crippen LogP contribution in [-0.2, 0) is 0 Å². The van der Waals surface area contributed by atoms with Gasteiger partial charge in [-0.15, -0.1) is 0 Å². The molecule has 0 aliphatic heterocycles. The average Bonchev–Trinajstić information content (AvgIpc) is 2.34. The van der Waals surface area contributed by atoms with E-state index in [1.54, 1.807) is 13.8 Å². The first kappa shape index (κ1) is 13.0. The van der Waals surface area contributed by atoms with Gasteiger partial charge in [0, 0.05) is 11.8 Å². The summed E-state index contributed by atoms with van der Waals surface area (Å²) in [6, 6.07) is 7.08. The Bertz CT molecular complexity index is 678. The Labute approximate surface area is 109 Å². The molecule has 0 aliphatic carbocycles. The zero-order valence-electron chi connectivity index (χ0n) is 10.4. The van der Waals surface area contributed by atoms with Crippen molar-refractivity contribution in [3.05, 3.63) is 52.9 Å². The van der Waals surface area contributed by atoms with Gasteiger partial charge in [0.05, 0.1) is 5.69 Å². The maximum atomic E-state index is 13.5. The molecular formula is C14H10F2N2O. The van der Waals surface area contributed by atoms with Gasteiger partial charge in [-0.3, -0.25) is 4.98 Å². The molecule has 3 nitrogen and oxygen atoms in total. The zero-order valence-corrected chi connectivity index (χ0v) is 10.4. The number of pyridine rings is 1. The van der Waals surface area contributed by atoms with Crippen molar-refractivity contribution in [2.24, 2.45) is 0 Å². The van der Waals surface area contributed by atoms with E-state index in [-0.39, 0.29) is 17.1 Å². The summed E-state index contributed by atoms with van der Waals surface area (Å²) in [7, 11) is 0. The first-order valence-electron chi connectivity index (χ1n) is 5.53. The summed E-state index contributed by atoms with van der Waals surface area (Å²) in [4.78, 5) is 4.12. The lowest BCUT2D eigenvalue weighted by Gasteiger charge is -2.10. The fourth-order valence-corrected chi connectivity index (χ4v) is 1.69. The maximum absolute atomic E-state index is 13.5. The maximum Gasteiger partial charge on any atom is 0.201 e. The third-order valence-corrected chi connectivity index (χ3v) is 2.54. The Morgan fingerprint density at radius 2 is 1.95 bits per heavy atom. The molecule has 1 aromatic heterocycles. The van der Waals surface area contributed by atoms with E-state index >= 15 is 0 Å². The number of aryl methyl sites for hydroxylation is 2. The SMILES string of the molecule is Cc1cc(Oc2cccc(F)c2F)c(C#N)c(C)n1. The van der Waals surface area contributed by atoms with E-state index < -0.39 is 11.6 Å². The molecule has 0 saturated heterocycles. The highest BCUT2D eigenvalue weighted by molar-refractivity contribution is 5.48. The van der Waals surface area contributed by atoms with E-state index in [2.05, 4.69) is 4.98 Å². The predicted molar refractivity (Wildman–Crippen MR) is 64.9 cm³/mol. The molecule has 19 heavy (non-hydrogen) atoms. The van der Waals surface area contributed by atoms with Crippen LogP contribution in [0.1, 0.15) is 17.0 Å². The normalized spacial score (nSPS) is 10.1. The van der Waals surface area contributed by atoms with Crippen molar-refractivity contribution in [1.29, 1.82) is 5.26 Å². The van der Waals surface area contributed by atoms with Crippen molar-refractivity contribution in [3.63, 3.8) is 0 Å². The van der Waals surface area contributed by atoms with Gasteiger partial charge in [0.1, 0.15) is 17.4 Å². The number of nitrogens with zero attached hydrogens (tertiary/aromatic N) is 2. The Kier molecular flexibility index (Phi) is 3.43. The van der Waals surface area contributed by atoms with Crippen LogP contribution in [0.5, 0.6) is 11.5 Å². The number of aromatic nitrogens is 1. The molecule has 0 atom stereocenters. The number of hydrogen-bond acceptors (Lipinski definition) is 3. The molecule has 0 aliphatic rings. The number of ether oxygens (including phenoxy) is 1. The van der Waals surface area contributed by atoms with Gasteiger partial charge >= 0.3 is 0 Å². The first-order valence-corrected chi connectivity index (χ1v) is 5.53. The van der Waals surface area contributed by atoms with Crippen LogP contribution in [0.25, 0.3) is 0 Å². The van der Waals surface area contributed by atoms with Crippen LogP contribution in [0.4, 0.5) is 8.78 Å². The van der Waals surface area contributed by atoms with Crippen molar-refractivity contribution in [2.45, 2.75) is 13.8 Å². The summed E-state index contributed by atoms with van der Waals surface area (Å²) >= 11 is 0. The number of rotatable bonds is 2. The second kappa shape index (κ2) is 5.02. The minimum absolute atomic E-state index is 0.164. The molecule has 1 heterocycles.